The summed E-state index contributed by atoms with van der Waals surface area (Å²) in [4.78, 5) is 4.13. The van der Waals surface area contributed by atoms with E-state index in [1.54, 1.807) is 30.5 Å². The van der Waals surface area contributed by atoms with E-state index in [9.17, 15) is 22.8 Å². The molecule has 0 fully saturated rings. The molecule has 5 N–H and O–H groups in total. The predicted octanol–water partition coefficient (Wildman–Crippen LogP) is 4.48. The van der Waals surface area contributed by atoms with Crippen LogP contribution in [0.4, 0.5) is 28.9 Å². The Morgan fingerprint density at radius 2 is 1.94 bits per heavy atom. The first kappa shape index (κ1) is 22.4. The molecule has 33 heavy (non-hydrogen) atoms. The van der Waals surface area contributed by atoms with E-state index in [0.717, 1.165) is 0 Å². The molecule has 0 amide bonds. The first-order valence-electron chi connectivity index (χ1n) is 9.57. The van der Waals surface area contributed by atoms with Crippen molar-refractivity contribution in [2.24, 2.45) is 0 Å². The highest BCUT2D eigenvalue weighted by atomic mass is 35.5. The SMILES string of the molecule is N#Cc1cnc2c(Cl)cc(N[C@H](C3=CNNN3)c3ccc(F)cc3)cc2c1NCC(F)(F)F. The van der Waals surface area contributed by atoms with Crippen LogP contribution in [0.1, 0.15) is 17.2 Å². The number of alkyl halides is 3. The molecule has 0 radical (unpaired) electrons. The molecule has 1 aliphatic rings. The highest BCUT2D eigenvalue weighted by molar-refractivity contribution is 6.35. The van der Waals surface area contributed by atoms with Crippen molar-refractivity contribution in [2.75, 3.05) is 17.2 Å². The molecule has 3 aromatic rings. The summed E-state index contributed by atoms with van der Waals surface area (Å²) < 4.78 is 52.0. The van der Waals surface area contributed by atoms with E-state index < -0.39 is 24.6 Å². The number of nitrogens with one attached hydrogen (secondary N) is 5. The molecule has 0 bridgehead atoms. The van der Waals surface area contributed by atoms with Gasteiger partial charge in [-0.15, -0.1) is 0 Å². The smallest absolute Gasteiger partial charge is 0.375 e. The summed E-state index contributed by atoms with van der Waals surface area (Å²) in [6.07, 6.45) is -1.66. The maximum atomic E-state index is 13.4. The van der Waals surface area contributed by atoms with E-state index in [0.29, 0.717) is 16.9 Å². The van der Waals surface area contributed by atoms with Gasteiger partial charge in [-0.1, -0.05) is 23.7 Å². The van der Waals surface area contributed by atoms with Gasteiger partial charge in [-0.05, 0) is 29.8 Å². The Morgan fingerprint density at radius 3 is 2.58 bits per heavy atom. The predicted molar refractivity (Wildman–Crippen MR) is 116 cm³/mol. The Balaban J connectivity index is 1.78. The third kappa shape index (κ3) is 5.02. The molecular weight excluding hydrogens is 462 g/mol. The standard InChI is InChI=1S/C21H16ClF4N7/c22-16-6-14(31-19(17-9-30-33-32-17)11-1-3-13(23)4-2-11)5-15-18(29-10-21(24,25)26)12(7-27)8-28-20(15)16/h1-6,8-9,19,30-33H,10H2,(H,28,29)/t19-/m0/s1. The zero-order valence-corrected chi connectivity index (χ0v) is 17.4. The Hall–Kier alpha value is -3.75. The molecule has 4 rings (SSSR count). The number of halogens is 5. The van der Waals surface area contributed by atoms with Gasteiger partial charge in [0.25, 0.3) is 0 Å². The molecule has 0 unspecified atom stereocenters. The molecule has 2 aromatic carbocycles. The number of rotatable bonds is 6. The van der Waals surface area contributed by atoms with Gasteiger partial charge >= 0.3 is 6.18 Å². The highest BCUT2D eigenvalue weighted by Gasteiger charge is 2.28. The maximum Gasteiger partial charge on any atom is 0.405 e. The van der Waals surface area contributed by atoms with E-state index in [1.165, 1.54) is 18.3 Å². The number of hydrogen-bond acceptors (Lipinski definition) is 7. The maximum absolute atomic E-state index is 13.4. The van der Waals surface area contributed by atoms with E-state index in [-0.39, 0.29) is 27.2 Å². The zero-order chi connectivity index (χ0) is 23.6. The van der Waals surface area contributed by atoms with Crippen LogP contribution in [0.15, 0.2) is 54.5 Å². The molecule has 2 heterocycles. The molecule has 170 valence electrons. The van der Waals surface area contributed by atoms with Gasteiger partial charge in [0.2, 0.25) is 0 Å². The molecule has 1 aromatic heterocycles. The Morgan fingerprint density at radius 1 is 1.18 bits per heavy atom. The van der Waals surface area contributed by atoms with Crippen molar-refractivity contribution in [2.45, 2.75) is 12.2 Å². The van der Waals surface area contributed by atoms with Crippen LogP contribution in [0, 0.1) is 17.1 Å². The summed E-state index contributed by atoms with van der Waals surface area (Å²) in [6, 6.07) is 10.3. The number of nitriles is 1. The lowest BCUT2D eigenvalue weighted by atomic mass is 10.0. The summed E-state index contributed by atoms with van der Waals surface area (Å²) in [6.45, 7) is -1.33. The third-order valence-electron chi connectivity index (χ3n) is 4.84. The van der Waals surface area contributed by atoms with Crippen molar-refractivity contribution in [1.82, 2.24) is 21.4 Å². The van der Waals surface area contributed by atoms with Crippen molar-refractivity contribution in [1.29, 1.82) is 5.26 Å². The molecule has 1 aliphatic heterocycles. The number of nitrogens with zero attached hydrogens (tertiary/aromatic N) is 2. The molecule has 0 saturated heterocycles. The fourth-order valence-corrected chi connectivity index (χ4v) is 3.65. The summed E-state index contributed by atoms with van der Waals surface area (Å²) in [7, 11) is 0. The second-order valence-corrected chi connectivity index (χ2v) is 7.51. The lowest BCUT2D eigenvalue weighted by Crippen LogP contribution is -2.33. The monoisotopic (exact) mass is 477 g/mol. The normalized spacial score (nSPS) is 14.1. The Kier molecular flexibility index (Phi) is 6.13. The number of pyridine rings is 1. The van der Waals surface area contributed by atoms with Crippen molar-refractivity contribution >= 4 is 33.9 Å². The van der Waals surface area contributed by atoms with E-state index in [2.05, 4.69) is 32.0 Å². The molecular formula is C21H16ClF4N7. The topological polar surface area (TPSA) is 96.8 Å². The second kappa shape index (κ2) is 9.01. The largest absolute Gasteiger partial charge is 0.405 e. The van der Waals surface area contributed by atoms with E-state index in [1.807, 2.05) is 6.07 Å². The van der Waals surface area contributed by atoms with Gasteiger partial charge in [0.05, 0.1) is 33.5 Å². The van der Waals surface area contributed by atoms with E-state index >= 15 is 0 Å². The van der Waals surface area contributed by atoms with Crippen LogP contribution >= 0.6 is 11.6 Å². The minimum absolute atomic E-state index is 0.0229. The summed E-state index contributed by atoms with van der Waals surface area (Å²) in [5.74, 6) is -0.397. The number of aromatic nitrogens is 1. The van der Waals surface area contributed by atoms with Crippen molar-refractivity contribution in [3.05, 3.63) is 76.5 Å². The summed E-state index contributed by atoms with van der Waals surface area (Å²) in [5, 5.41) is 15.3. The summed E-state index contributed by atoms with van der Waals surface area (Å²) >= 11 is 6.39. The van der Waals surface area contributed by atoms with Gasteiger partial charge in [-0.3, -0.25) is 4.98 Å². The van der Waals surface area contributed by atoms with Gasteiger partial charge < -0.3 is 21.5 Å². The van der Waals surface area contributed by atoms with Crippen molar-refractivity contribution < 1.29 is 17.6 Å². The van der Waals surface area contributed by atoms with Gasteiger partial charge in [-0.2, -0.15) is 24.0 Å². The number of benzene rings is 2. The number of anilines is 2. The van der Waals surface area contributed by atoms with Crippen LogP contribution < -0.4 is 27.0 Å². The van der Waals surface area contributed by atoms with Crippen LogP contribution in [0.5, 0.6) is 0 Å². The number of hydrogen-bond donors (Lipinski definition) is 5. The van der Waals surface area contributed by atoms with Crippen LogP contribution in [-0.4, -0.2) is 17.7 Å². The molecule has 0 aliphatic carbocycles. The average Bonchev–Trinajstić information content (AvgIpc) is 3.30. The highest BCUT2D eigenvalue weighted by Crippen LogP contribution is 2.36. The number of fused-ring (bicyclic) bond motifs is 1. The van der Waals surface area contributed by atoms with E-state index in [4.69, 9.17) is 11.6 Å². The minimum Gasteiger partial charge on any atom is -0.375 e. The molecule has 7 nitrogen and oxygen atoms in total. The quantitative estimate of drug-likeness (QED) is 0.334. The molecule has 12 heteroatoms. The van der Waals surface area contributed by atoms with Gasteiger partial charge in [0.15, 0.2) is 0 Å². The zero-order valence-electron chi connectivity index (χ0n) is 16.7. The molecule has 0 spiro atoms. The average molecular weight is 478 g/mol. The van der Waals surface area contributed by atoms with Gasteiger partial charge in [0, 0.05) is 23.5 Å². The molecule has 1 atom stereocenters. The van der Waals surface area contributed by atoms with Crippen molar-refractivity contribution in [3.63, 3.8) is 0 Å². The minimum atomic E-state index is -4.49. The van der Waals surface area contributed by atoms with Crippen LogP contribution in [0.25, 0.3) is 10.9 Å². The fourth-order valence-electron chi connectivity index (χ4n) is 3.38. The van der Waals surface area contributed by atoms with Crippen LogP contribution in [0.3, 0.4) is 0 Å². The summed E-state index contributed by atoms with van der Waals surface area (Å²) in [5.41, 5.74) is 10.4. The van der Waals surface area contributed by atoms with Gasteiger partial charge in [-0.25, -0.2) is 4.39 Å². The van der Waals surface area contributed by atoms with Crippen LogP contribution in [-0.2, 0) is 0 Å². The Bertz CT molecular complexity index is 1250. The lowest BCUT2D eigenvalue weighted by Gasteiger charge is -2.22. The van der Waals surface area contributed by atoms with Crippen LogP contribution in [0.2, 0.25) is 5.02 Å². The first-order valence-corrected chi connectivity index (χ1v) is 9.94. The fraction of sp³-hybridized carbons (Fsp3) is 0.143. The second-order valence-electron chi connectivity index (χ2n) is 7.10. The lowest BCUT2D eigenvalue weighted by molar-refractivity contribution is -0.115. The first-order chi connectivity index (χ1) is 15.7. The molecule has 0 saturated carbocycles. The number of hydrazine groups is 2. The van der Waals surface area contributed by atoms with Gasteiger partial charge in [0.1, 0.15) is 18.4 Å². The Labute approximate surface area is 190 Å². The van der Waals surface area contributed by atoms with Crippen molar-refractivity contribution in [3.8, 4) is 6.07 Å². The third-order valence-corrected chi connectivity index (χ3v) is 5.13.